The summed E-state index contributed by atoms with van der Waals surface area (Å²) in [7, 11) is 1.64. The Morgan fingerprint density at radius 2 is 2.03 bits per heavy atom. The summed E-state index contributed by atoms with van der Waals surface area (Å²) in [5.41, 5.74) is 2.08. The number of nitrogens with zero attached hydrogens (tertiary/aromatic N) is 5. The van der Waals surface area contributed by atoms with Gasteiger partial charge in [-0.15, -0.1) is 21.5 Å². The second kappa shape index (κ2) is 11.4. The largest absolute Gasteiger partial charge is 0.385 e. The molecule has 11 heteroatoms. The predicted octanol–water partition coefficient (Wildman–Crippen LogP) is 4.50. The number of pyridine rings is 1. The summed E-state index contributed by atoms with van der Waals surface area (Å²) in [6.45, 7) is 1.15. The molecule has 33 heavy (non-hydrogen) atoms. The molecule has 1 amide bonds. The van der Waals surface area contributed by atoms with E-state index < -0.39 is 0 Å². The van der Waals surface area contributed by atoms with E-state index in [9.17, 15) is 4.79 Å². The van der Waals surface area contributed by atoms with Crippen LogP contribution in [-0.2, 0) is 10.5 Å². The van der Waals surface area contributed by atoms with Crippen molar-refractivity contribution < 1.29 is 9.53 Å². The molecule has 1 N–H and O–H groups in total. The molecule has 4 rings (SSSR count). The van der Waals surface area contributed by atoms with Crippen molar-refractivity contribution in [1.29, 1.82) is 0 Å². The Balaban J connectivity index is 1.53. The fourth-order valence-corrected chi connectivity index (χ4v) is 4.98. The number of thiazole rings is 1. The second-order valence-corrected chi connectivity index (χ2v) is 9.14. The van der Waals surface area contributed by atoms with E-state index in [-0.39, 0.29) is 5.91 Å². The quantitative estimate of drug-likeness (QED) is 0.253. The summed E-state index contributed by atoms with van der Waals surface area (Å²) in [6, 6.07) is 11.3. The molecule has 3 heterocycles. The highest BCUT2D eigenvalue weighted by Gasteiger charge is 2.19. The third-order valence-electron chi connectivity index (χ3n) is 4.59. The zero-order chi connectivity index (χ0) is 23.0. The van der Waals surface area contributed by atoms with Crippen LogP contribution in [0.3, 0.4) is 0 Å². The number of para-hydroxylation sites is 1. The van der Waals surface area contributed by atoms with Crippen LogP contribution in [0.4, 0.5) is 0 Å². The molecule has 8 nitrogen and oxygen atoms in total. The van der Waals surface area contributed by atoms with Crippen LogP contribution < -0.4 is 5.32 Å². The molecule has 1 aromatic carbocycles. The lowest BCUT2D eigenvalue weighted by atomic mass is 10.2. The number of hydrogen-bond donors (Lipinski definition) is 1. The van der Waals surface area contributed by atoms with E-state index in [1.807, 2.05) is 41.0 Å². The molecule has 0 saturated heterocycles. The molecule has 0 aliphatic heterocycles. The minimum absolute atomic E-state index is 0.183. The number of hydrogen-bond acceptors (Lipinski definition) is 8. The predicted molar refractivity (Wildman–Crippen MR) is 130 cm³/mol. The minimum atomic E-state index is -0.183. The molecule has 0 aliphatic carbocycles. The van der Waals surface area contributed by atoms with Crippen LogP contribution in [0, 0.1) is 0 Å². The normalized spacial score (nSPS) is 11.0. The monoisotopic (exact) mass is 500 g/mol. The lowest BCUT2D eigenvalue weighted by Crippen LogP contribution is -2.25. The molecule has 0 saturated carbocycles. The maximum absolute atomic E-state index is 12.3. The number of amides is 1. The number of benzene rings is 1. The van der Waals surface area contributed by atoms with Gasteiger partial charge in [0.1, 0.15) is 10.7 Å². The van der Waals surface area contributed by atoms with Crippen LogP contribution in [-0.4, -0.2) is 50.9 Å². The fourth-order valence-electron chi connectivity index (χ4n) is 3.02. The maximum atomic E-state index is 12.3. The van der Waals surface area contributed by atoms with Crippen molar-refractivity contribution in [2.45, 2.75) is 17.3 Å². The van der Waals surface area contributed by atoms with Crippen LogP contribution in [0.15, 0.2) is 59.3 Å². The molecular weight excluding hydrogens is 480 g/mol. The van der Waals surface area contributed by atoms with Gasteiger partial charge in [0.05, 0.1) is 16.5 Å². The van der Waals surface area contributed by atoms with E-state index in [1.54, 1.807) is 24.9 Å². The number of rotatable bonds is 10. The first-order chi connectivity index (χ1) is 16.2. The molecule has 0 bridgehead atoms. The van der Waals surface area contributed by atoms with E-state index in [4.69, 9.17) is 16.3 Å². The molecule has 0 fully saturated rings. The number of nitrogens with one attached hydrogen (secondary N) is 1. The van der Waals surface area contributed by atoms with Gasteiger partial charge in [0.15, 0.2) is 11.0 Å². The van der Waals surface area contributed by atoms with E-state index >= 15 is 0 Å². The summed E-state index contributed by atoms with van der Waals surface area (Å²) in [4.78, 5) is 20.8. The van der Waals surface area contributed by atoms with Gasteiger partial charge in [-0.3, -0.25) is 14.3 Å². The minimum Gasteiger partial charge on any atom is -0.385 e. The number of thioether (sulfide) groups is 1. The van der Waals surface area contributed by atoms with Gasteiger partial charge in [-0.2, -0.15) is 0 Å². The van der Waals surface area contributed by atoms with Gasteiger partial charge in [0.25, 0.3) is 5.91 Å². The van der Waals surface area contributed by atoms with Crippen LogP contribution in [0.25, 0.3) is 17.1 Å². The first kappa shape index (κ1) is 23.4. The summed E-state index contributed by atoms with van der Waals surface area (Å²) in [5, 5.41) is 15.5. The zero-order valence-electron chi connectivity index (χ0n) is 17.8. The third kappa shape index (κ3) is 5.77. The summed E-state index contributed by atoms with van der Waals surface area (Å²) in [5.74, 6) is 1.03. The Kier molecular flexibility index (Phi) is 8.05. The first-order valence-electron chi connectivity index (χ1n) is 10.1. The smallest absolute Gasteiger partial charge is 0.270 e. The van der Waals surface area contributed by atoms with Crippen molar-refractivity contribution in [3.63, 3.8) is 0 Å². The van der Waals surface area contributed by atoms with E-state index in [0.717, 1.165) is 22.7 Å². The van der Waals surface area contributed by atoms with Gasteiger partial charge in [-0.25, -0.2) is 4.98 Å². The SMILES string of the molecule is COCCCNC(=O)c1csc(CSc2nnc(-c3ccncc3)n2-c2ccccc2Cl)n1. The number of aromatic nitrogens is 5. The third-order valence-corrected chi connectivity index (χ3v) is 6.88. The Bertz CT molecular complexity index is 1210. The van der Waals surface area contributed by atoms with Gasteiger partial charge >= 0.3 is 0 Å². The molecule has 0 unspecified atom stereocenters. The van der Waals surface area contributed by atoms with Crippen LogP contribution in [0.2, 0.25) is 5.02 Å². The Labute approximate surface area is 204 Å². The van der Waals surface area contributed by atoms with Crippen LogP contribution in [0.1, 0.15) is 21.9 Å². The number of methoxy groups -OCH3 is 1. The first-order valence-corrected chi connectivity index (χ1v) is 12.4. The molecule has 4 aromatic rings. The highest BCUT2D eigenvalue weighted by Crippen LogP contribution is 2.32. The van der Waals surface area contributed by atoms with E-state index in [0.29, 0.717) is 40.6 Å². The average molecular weight is 501 g/mol. The van der Waals surface area contributed by atoms with E-state index in [2.05, 4.69) is 25.5 Å². The topological polar surface area (TPSA) is 94.8 Å². The number of carbonyl (C=O) groups excluding carboxylic acids is 1. The summed E-state index contributed by atoms with van der Waals surface area (Å²) >= 11 is 9.43. The van der Waals surface area contributed by atoms with Crippen LogP contribution in [0.5, 0.6) is 0 Å². The van der Waals surface area contributed by atoms with Crippen molar-refractivity contribution >= 4 is 40.6 Å². The van der Waals surface area contributed by atoms with Gasteiger partial charge in [0.2, 0.25) is 0 Å². The van der Waals surface area contributed by atoms with Crippen LogP contribution >= 0.6 is 34.7 Å². The van der Waals surface area contributed by atoms with Crippen molar-refractivity contribution in [2.24, 2.45) is 0 Å². The molecule has 0 spiro atoms. The summed E-state index contributed by atoms with van der Waals surface area (Å²) in [6.07, 6.45) is 4.18. The maximum Gasteiger partial charge on any atom is 0.270 e. The molecule has 0 atom stereocenters. The molecule has 0 aliphatic rings. The molecule has 0 radical (unpaired) electrons. The Hall–Kier alpha value is -2.79. The van der Waals surface area contributed by atoms with Crippen molar-refractivity contribution in [2.75, 3.05) is 20.3 Å². The molecule has 170 valence electrons. The lowest BCUT2D eigenvalue weighted by Gasteiger charge is -2.11. The Morgan fingerprint density at radius 1 is 1.21 bits per heavy atom. The summed E-state index contributed by atoms with van der Waals surface area (Å²) < 4.78 is 6.92. The highest BCUT2D eigenvalue weighted by molar-refractivity contribution is 7.98. The average Bonchev–Trinajstić information content (AvgIpc) is 3.49. The van der Waals surface area contributed by atoms with Gasteiger partial charge in [-0.1, -0.05) is 35.5 Å². The lowest BCUT2D eigenvalue weighted by molar-refractivity contribution is 0.0944. The van der Waals surface area contributed by atoms with Gasteiger partial charge in [0, 0.05) is 43.6 Å². The number of carbonyl (C=O) groups is 1. The van der Waals surface area contributed by atoms with Crippen molar-refractivity contribution in [3.05, 3.63) is 69.9 Å². The number of ether oxygens (including phenoxy) is 1. The van der Waals surface area contributed by atoms with E-state index in [1.165, 1.54) is 23.1 Å². The van der Waals surface area contributed by atoms with Gasteiger partial charge < -0.3 is 10.1 Å². The van der Waals surface area contributed by atoms with Gasteiger partial charge in [-0.05, 0) is 30.7 Å². The number of halogens is 1. The van der Waals surface area contributed by atoms with Crippen molar-refractivity contribution in [1.82, 2.24) is 30.0 Å². The Morgan fingerprint density at radius 3 is 2.82 bits per heavy atom. The van der Waals surface area contributed by atoms with Crippen molar-refractivity contribution in [3.8, 4) is 17.1 Å². The molecular formula is C22H21ClN6O2S2. The fraction of sp³-hybridized carbons (Fsp3) is 0.227. The zero-order valence-corrected chi connectivity index (χ0v) is 20.2. The second-order valence-electron chi connectivity index (χ2n) is 6.85. The standard InChI is InChI=1S/C22H21ClN6O2S2/c1-31-12-4-9-25-21(30)17-13-32-19(26-17)14-33-22-28-27-20(15-7-10-24-11-8-15)29(22)18-6-3-2-5-16(18)23/h2-3,5-8,10-11,13H,4,9,12,14H2,1H3,(H,25,30). The highest BCUT2D eigenvalue weighted by atomic mass is 35.5. The molecule has 3 aromatic heterocycles.